The molecule has 0 spiro atoms. The fourth-order valence-corrected chi connectivity index (χ4v) is 3.57. The van der Waals surface area contributed by atoms with E-state index in [9.17, 15) is 0 Å². The number of likely N-dealkylation sites (N-methyl/N-ethyl adjacent to an activating group) is 1. The van der Waals surface area contributed by atoms with E-state index >= 15 is 0 Å². The molecule has 24 heavy (non-hydrogen) atoms. The Hall–Kier alpha value is -1.74. The first-order chi connectivity index (χ1) is 11.7. The third-order valence-corrected chi connectivity index (χ3v) is 5.10. The zero-order valence-electron chi connectivity index (χ0n) is 15.2. The molecule has 3 rings (SSSR count). The zero-order chi connectivity index (χ0) is 16.9. The zero-order valence-corrected chi connectivity index (χ0v) is 15.2. The van der Waals surface area contributed by atoms with Gasteiger partial charge in [0.2, 0.25) is 0 Å². The first kappa shape index (κ1) is 17.1. The molecule has 0 atom stereocenters. The van der Waals surface area contributed by atoms with Crippen molar-refractivity contribution in [3.63, 3.8) is 0 Å². The van der Waals surface area contributed by atoms with E-state index < -0.39 is 0 Å². The number of hydrogen-bond acceptors (Lipinski definition) is 3. The Bertz CT molecular complexity index is 670. The Balaban J connectivity index is 1.99. The molecule has 0 saturated heterocycles. The number of benzene rings is 1. The van der Waals surface area contributed by atoms with Crippen LogP contribution in [0.3, 0.4) is 0 Å². The number of nitrogens with zero attached hydrogens (tertiary/aromatic N) is 2. The van der Waals surface area contributed by atoms with Gasteiger partial charge in [-0.25, -0.2) is 9.97 Å². The van der Waals surface area contributed by atoms with Crippen LogP contribution in [-0.4, -0.2) is 23.1 Å². The summed E-state index contributed by atoms with van der Waals surface area (Å²) >= 11 is 0. The Morgan fingerprint density at radius 1 is 1.04 bits per heavy atom. The van der Waals surface area contributed by atoms with Gasteiger partial charge in [-0.2, -0.15) is 0 Å². The van der Waals surface area contributed by atoms with Crippen molar-refractivity contribution in [2.45, 2.75) is 58.8 Å². The van der Waals surface area contributed by atoms with Crippen LogP contribution in [0, 0.1) is 13.8 Å². The summed E-state index contributed by atoms with van der Waals surface area (Å²) in [5, 5.41) is 3.42. The van der Waals surface area contributed by atoms with Gasteiger partial charge in [-0.3, -0.25) is 0 Å². The first-order valence-electron chi connectivity index (χ1n) is 9.34. The highest BCUT2D eigenvalue weighted by Crippen LogP contribution is 2.34. The summed E-state index contributed by atoms with van der Waals surface area (Å²) in [7, 11) is 0. The normalized spacial score (nSPS) is 15.1. The van der Waals surface area contributed by atoms with Gasteiger partial charge in [0.15, 0.2) is 0 Å². The maximum Gasteiger partial charge on any atom is 0.132 e. The molecule has 1 N–H and O–H groups in total. The average Bonchev–Trinajstić information content (AvgIpc) is 3.12. The molecule has 3 heteroatoms. The lowest BCUT2D eigenvalue weighted by molar-refractivity contribution is 0.649. The average molecular weight is 323 g/mol. The molecule has 1 aromatic heterocycles. The highest BCUT2D eigenvalue weighted by molar-refractivity contribution is 5.64. The summed E-state index contributed by atoms with van der Waals surface area (Å²) in [6.45, 7) is 8.43. The van der Waals surface area contributed by atoms with Gasteiger partial charge < -0.3 is 5.32 Å². The van der Waals surface area contributed by atoms with Crippen molar-refractivity contribution in [1.82, 2.24) is 15.3 Å². The molecule has 1 aliphatic rings. The predicted molar refractivity (Wildman–Crippen MR) is 100 cm³/mol. The molecule has 1 aliphatic carbocycles. The van der Waals surface area contributed by atoms with E-state index in [4.69, 9.17) is 9.97 Å². The largest absolute Gasteiger partial charge is 0.317 e. The summed E-state index contributed by atoms with van der Waals surface area (Å²) in [4.78, 5) is 9.99. The van der Waals surface area contributed by atoms with Crippen molar-refractivity contribution in [2.24, 2.45) is 0 Å². The van der Waals surface area contributed by atoms with Crippen LogP contribution in [-0.2, 0) is 6.42 Å². The molecule has 2 aromatic rings. The Labute approximate surface area is 145 Å². The van der Waals surface area contributed by atoms with Crippen molar-refractivity contribution in [3.8, 4) is 11.3 Å². The summed E-state index contributed by atoms with van der Waals surface area (Å²) in [5.74, 6) is 1.62. The molecule has 0 bridgehead atoms. The van der Waals surface area contributed by atoms with Gasteiger partial charge in [0.25, 0.3) is 0 Å². The number of rotatable bonds is 6. The van der Waals surface area contributed by atoms with Crippen molar-refractivity contribution < 1.29 is 0 Å². The van der Waals surface area contributed by atoms with Crippen LogP contribution in [0.2, 0.25) is 0 Å². The number of aryl methyl sites for hydroxylation is 1. The van der Waals surface area contributed by atoms with E-state index in [1.165, 1.54) is 48.1 Å². The topological polar surface area (TPSA) is 37.8 Å². The monoisotopic (exact) mass is 323 g/mol. The molecule has 1 fully saturated rings. The summed E-state index contributed by atoms with van der Waals surface area (Å²) in [5.41, 5.74) is 6.07. The Kier molecular flexibility index (Phi) is 5.62. The van der Waals surface area contributed by atoms with E-state index in [1.807, 2.05) is 0 Å². The van der Waals surface area contributed by atoms with E-state index in [0.717, 1.165) is 31.0 Å². The second-order valence-corrected chi connectivity index (χ2v) is 6.95. The van der Waals surface area contributed by atoms with Crippen LogP contribution in [0.1, 0.15) is 61.2 Å². The summed E-state index contributed by atoms with van der Waals surface area (Å²) in [6, 6.07) is 8.73. The highest BCUT2D eigenvalue weighted by atomic mass is 14.9. The van der Waals surface area contributed by atoms with Gasteiger partial charge in [0.05, 0.1) is 5.69 Å². The second kappa shape index (κ2) is 7.89. The van der Waals surface area contributed by atoms with Crippen LogP contribution in [0.4, 0.5) is 0 Å². The van der Waals surface area contributed by atoms with Gasteiger partial charge in [0, 0.05) is 30.1 Å². The Morgan fingerprint density at radius 3 is 2.42 bits per heavy atom. The van der Waals surface area contributed by atoms with Crippen molar-refractivity contribution >= 4 is 0 Å². The van der Waals surface area contributed by atoms with Gasteiger partial charge in [-0.05, 0) is 38.8 Å². The molecule has 1 heterocycles. The Morgan fingerprint density at radius 2 is 1.75 bits per heavy atom. The SMILES string of the molecule is CCNCCc1nc(C2CCCC2)nc(-c2ccc(C)cc2)c1C. The third kappa shape index (κ3) is 3.84. The van der Waals surface area contributed by atoms with Crippen LogP contribution >= 0.6 is 0 Å². The van der Waals surface area contributed by atoms with E-state index in [-0.39, 0.29) is 0 Å². The molecule has 0 unspecified atom stereocenters. The van der Waals surface area contributed by atoms with Crippen LogP contribution in [0.5, 0.6) is 0 Å². The minimum atomic E-state index is 0.549. The molecule has 0 amide bonds. The van der Waals surface area contributed by atoms with E-state index in [2.05, 4.69) is 50.4 Å². The molecule has 0 radical (unpaired) electrons. The lowest BCUT2D eigenvalue weighted by Crippen LogP contribution is -2.18. The van der Waals surface area contributed by atoms with Crippen LogP contribution < -0.4 is 5.32 Å². The lowest BCUT2D eigenvalue weighted by atomic mass is 10.0. The van der Waals surface area contributed by atoms with Gasteiger partial charge in [0.1, 0.15) is 5.82 Å². The minimum Gasteiger partial charge on any atom is -0.317 e. The molecule has 1 saturated carbocycles. The van der Waals surface area contributed by atoms with Gasteiger partial charge >= 0.3 is 0 Å². The number of nitrogens with one attached hydrogen (secondary N) is 1. The molecule has 1 aromatic carbocycles. The lowest BCUT2D eigenvalue weighted by Gasteiger charge is -2.16. The number of hydrogen-bond donors (Lipinski definition) is 1. The fraction of sp³-hybridized carbons (Fsp3) is 0.524. The summed E-state index contributed by atoms with van der Waals surface area (Å²) in [6.07, 6.45) is 6.08. The number of aromatic nitrogens is 2. The summed E-state index contributed by atoms with van der Waals surface area (Å²) < 4.78 is 0. The first-order valence-corrected chi connectivity index (χ1v) is 9.34. The molecular formula is C21H29N3. The predicted octanol–water partition coefficient (Wildman–Crippen LogP) is 4.57. The molecule has 128 valence electrons. The van der Waals surface area contributed by atoms with Crippen LogP contribution in [0.25, 0.3) is 11.3 Å². The minimum absolute atomic E-state index is 0.549. The third-order valence-electron chi connectivity index (χ3n) is 5.10. The molecule has 0 aliphatic heterocycles. The van der Waals surface area contributed by atoms with Gasteiger partial charge in [-0.15, -0.1) is 0 Å². The fourth-order valence-electron chi connectivity index (χ4n) is 3.57. The smallest absolute Gasteiger partial charge is 0.132 e. The quantitative estimate of drug-likeness (QED) is 0.791. The van der Waals surface area contributed by atoms with Gasteiger partial charge in [-0.1, -0.05) is 49.6 Å². The van der Waals surface area contributed by atoms with E-state index in [0.29, 0.717) is 5.92 Å². The highest BCUT2D eigenvalue weighted by Gasteiger charge is 2.22. The van der Waals surface area contributed by atoms with Crippen molar-refractivity contribution in [1.29, 1.82) is 0 Å². The maximum absolute atomic E-state index is 5.01. The van der Waals surface area contributed by atoms with E-state index in [1.54, 1.807) is 0 Å². The van der Waals surface area contributed by atoms with Crippen molar-refractivity contribution in [2.75, 3.05) is 13.1 Å². The van der Waals surface area contributed by atoms with Crippen LogP contribution in [0.15, 0.2) is 24.3 Å². The second-order valence-electron chi connectivity index (χ2n) is 6.95. The molecular weight excluding hydrogens is 294 g/mol. The van der Waals surface area contributed by atoms with Crippen molar-refractivity contribution in [3.05, 3.63) is 46.9 Å². The maximum atomic E-state index is 5.01. The molecule has 3 nitrogen and oxygen atoms in total. The standard InChI is InChI=1S/C21H29N3/c1-4-22-14-13-19-16(3)20(17-11-9-15(2)10-12-17)24-21(23-19)18-7-5-6-8-18/h9-12,18,22H,4-8,13-14H2,1-3H3.